The van der Waals surface area contributed by atoms with E-state index in [1.165, 1.54) is 0 Å². The lowest BCUT2D eigenvalue weighted by atomic mass is 10.0. The Kier molecular flexibility index (Phi) is 3.16. The number of piperidine rings is 1. The van der Waals surface area contributed by atoms with E-state index in [9.17, 15) is 14.4 Å². The van der Waals surface area contributed by atoms with Gasteiger partial charge in [-0.05, 0) is 24.1 Å². The summed E-state index contributed by atoms with van der Waals surface area (Å²) in [7, 11) is 3.83. The Bertz CT molecular complexity index is 639. The van der Waals surface area contributed by atoms with Crippen LogP contribution >= 0.6 is 0 Å². The minimum atomic E-state index is -0.551. The second-order valence-corrected chi connectivity index (χ2v) is 5.64. The van der Waals surface area contributed by atoms with Gasteiger partial charge in [-0.2, -0.15) is 0 Å². The number of rotatable bonds is 2. The van der Waals surface area contributed by atoms with Gasteiger partial charge in [-0.3, -0.25) is 19.7 Å². The van der Waals surface area contributed by atoms with Crippen LogP contribution in [0.25, 0.3) is 0 Å². The fourth-order valence-electron chi connectivity index (χ4n) is 2.82. The number of benzene rings is 1. The third-order valence-corrected chi connectivity index (χ3v) is 4.03. The van der Waals surface area contributed by atoms with E-state index in [0.29, 0.717) is 18.5 Å². The van der Waals surface area contributed by atoms with Gasteiger partial charge in [0, 0.05) is 38.3 Å². The van der Waals surface area contributed by atoms with E-state index in [1.54, 1.807) is 4.90 Å². The number of anilines is 1. The van der Waals surface area contributed by atoms with Crippen molar-refractivity contribution in [2.24, 2.45) is 0 Å². The number of carbonyl (C=O) groups excluding carboxylic acids is 3. The smallest absolute Gasteiger partial charge is 0.255 e. The Morgan fingerprint density at radius 1 is 1.24 bits per heavy atom. The average molecular weight is 287 g/mol. The highest BCUT2D eigenvalue weighted by Crippen LogP contribution is 2.29. The topological polar surface area (TPSA) is 69.7 Å². The first-order valence-corrected chi connectivity index (χ1v) is 6.92. The van der Waals surface area contributed by atoms with Crippen LogP contribution in [0.1, 0.15) is 28.8 Å². The second-order valence-electron chi connectivity index (χ2n) is 5.64. The number of imide groups is 1. The summed E-state index contributed by atoms with van der Waals surface area (Å²) in [5.74, 6) is -0.779. The van der Waals surface area contributed by atoms with Gasteiger partial charge >= 0.3 is 0 Å². The molecule has 0 radical (unpaired) electrons. The summed E-state index contributed by atoms with van der Waals surface area (Å²) in [6.45, 7) is 0.425. The molecule has 1 unspecified atom stereocenters. The first-order chi connectivity index (χ1) is 9.97. The molecule has 3 amide bonds. The van der Waals surface area contributed by atoms with E-state index in [1.807, 2.05) is 37.2 Å². The van der Waals surface area contributed by atoms with Gasteiger partial charge in [0.1, 0.15) is 6.04 Å². The van der Waals surface area contributed by atoms with Crippen molar-refractivity contribution < 1.29 is 14.4 Å². The molecule has 2 aliphatic rings. The molecule has 0 saturated carbocycles. The van der Waals surface area contributed by atoms with Crippen LogP contribution < -0.4 is 10.2 Å². The predicted octanol–water partition coefficient (Wildman–Crippen LogP) is 0.514. The maximum absolute atomic E-state index is 12.5. The maximum atomic E-state index is 12.5. The normalized spacial score (nSPS) is 21.3. The largest absolute Gasteiger partial charge is 0.378 e. The molecule has 1 saturated heterocycles. The Morgan fingerprint density at radius 2 is 2.00 bits per heavy atom. The number of hydrogen-bond acceptors (Lipinski definition) is 4. The highest BCUT2D eigenvalue weighted by molar-refractivity contribution is 6.05. The molecule has 6 nitrogen and oxygen atoms in total. The zero-order valence-electron chi connectivity index (χ0n) is 12.0. The molecule has 6 heteroatoms. The maximum Gasteiger partial charge on any atom is 0.255 e. The summed E-state index contributed by atoms with van der Waals surface area (Å²) in [5, 5.41) is 2.30. The summed E-state index contributed by atoms with van der Waals surface area (Å²) in [4.78, 5) is 39.2. The molecule has 0 bridgehead atoms. The van der Waals surface area contributed by atoms with E-state index in [2.05, 4.69) is 5.32 Å². The highest BCUT2D eigenvalue weighted by atomic mass is 16.2. The summed E-state index contributed by atoms with van der Waals surface area (Å²) >= 11 is 0. The monoisotopic (exact) mass is 287 g/mol. The summed E-state index contributed by atoms with van der Waals surface area (Å²) in [6.07, 6.45) is 0.671. The minimum Gasteiger partial charge on any atom is -0.378 e. The van der Waals surface area contributed by atoms with Crippen LogP contribution in [-0.4, -0.2) is 42.8 Å². The lowest BCUT2D eigenvalue weighted by Gasteiger charge is -2.29. The van der Waals surface area contributed by atoms with E-state index in [4.69, 9.17) is 0 Å². The summed E-state index contributed by atoms with van der Waals surface area (Å²) in [6, 6.07) is 5.18. The molecule has 1 aromatic carbocycles. The van der Waals surface area contributed by atoms with Crippen molar-refractivity contribution in [3.05, 3.63) is 29.3 Å². The van der Waals surface area contributed by atoms with Crippen LogP contribution in [0.5, 0.6) is 0 Å². The van der Waals surface area contributed by atoms with Gasteiger partial charge in [0.15, 0.2) is 0 Å². The quantitative estimate of drug-likeness (QED) is 0.805. The molecular weight excluding hydrogens is 270 g/mol. The van der Waals surface area contributed by atoms with E-state index in [-0.39, 0.29) is 24.1 Å². The van der Waals surface area contributed by atoms with Gasteiger partial charge < -0.3 is 9.80 Å². The summed E-state index contributed by atoms with van der Waals surface area (Å²) in [5.41, 5.74) is 2.52. The second kappa shape index (κ2) is 4.87. The van der Waals surface area contributed by atoms with E-state index in [0.717, 1.165) is 11.3 Å². The van der Waals surface area contributed by atoms with Crippen molar-refractivity contribution in [1.82, 2.24) is 10.2 Å². The molecule has 21 heavy (non-hydrogen) atoms. The third-order valence-electron chi connectivity index (χ3n) is 4.03. The Morgan fingerprint density at radius 3 is 2.67 bits per heavy atom. The molecule has 3 rings (SSSR count). The van der Waals surface area contributed by atoms with Gasteiger partial charge in [-0.1, -0.05) is 6.07 Å². The van der Waals surface area contributed by atoms with Gasteiger partial charge in [0.05, 0.1) is 0 Å². The van der Waals surface area contributed by atoms with Crippen molar-refractivity contribution in [2.45, 2.75) is 25.4 Å². The molecule has 1 atom stereocenters. The van der Waals surface area contributed by atoms with Crippen molar-refractivity contribution in [3.8, 4) is 0 Å². The molecule has 110 valence electrons. The van der Waals surface area contributed by atoms with Gasteiger partial charge in [0.2, 0.25) is 11.8 Å². The zero-order valence-corrected chi connectivity index (χ0v) is 12.0. The molecular formula is C15H17N3O3. The predicted molar refractivity (Wildman–Crippen MR) is 76.8 cm³/mol. The number of amides is 3. The van der Waals surface area contributed by atoms with Crippen LogP contribution in [-0.2, 0) is 16.1 Å². The van der Waals surface area contributed by atoms with E-state index >= 15 is 0 Å². The molecule has 2 heterocycles. The molecule has 0 spiro atoms. The Balaban J connectivity index is 1.87. The fourth-order valence-corrected chi connectivity index (χ4v) is 2.82. The number of hydrogen-bond donors (Lipinski definition) is 1. The van der Waals surface area contributed by atoms with Crippen molar-refractivity contribution >= 4 is 23.4 Å². The van der Waals surface area contributed by atoms with Crippen LogP contribution in [0.2, 0.25) is 0 Å². The number of carbonyl (C=O) groups is 3. The average Bonchev–Trinajstić information content (AvgIpc) is 2.75. The van der Waals surface area contributed by atoms with Crippen LogP contribution in [0, 0.1) is 0 Å². The van der Waals surface area contributed by atoms with Crippen LogP contribution in [0.4, 0.5) is 5.69 Å². The van der Waals surface area contributed by atoms with Crippen molar-refractivity contribution in [2.75, 3.05) is 19.0 Å². The SMILES string of the molecule is CN(C)c1ccc2c(c1)C(=O)N(C1CCC(=O)NC1=O)C2. The standard InChI is InChI=1S/C15H17N3O3/c1-17(2)10-4-3-9-8-18(15(21)11(9)7-10)12-5-6-13(19)16-14(12)20/h3-4,7,12H,5-6,8H2,1-2H3,(H,16,19,20). The molecule has 2 aliphatic heterocycles. The summed E-state index contributed by atoms with van der Waals surface area (Å²) < 4.78 is 0. The van der Waals surface area contributed by atoms with Crippen LogP contribution in [0.3, 0.4) is 0 Å². The van der Waals surface area contributed by atoms with E-state index < -0.39 is 6.04 Å². The highest BCUT2D eigenvalue weighted by Gasteiger charge is 2.39. The molecule has 0 aliphatic carbocycles. The number of nitrogens with one attached hydrogen (secondary N) is 1. The number of nitrogens with zero attached hydrogens (tertiary/aromatic N) is 2. The fraction of sp³-hybridized carbons (Fsp3) is 0.400. The first-order valence-electron chi connectivity index (χ1n) is 6.92. The van der Waals surface area contributed by atoms with Gasteiger partial charge in [-0.15, -0.1) is 0 Å². The lowest BCUT2D eigenvalue weighted by molar-refractivity contribution is -0.136. The van der Waals surface area contributed by atoms with Crippen molar-refractivity contribution in [1.29, 1.82) is 0 Å². The molecule has 1 fully saturated rings. The third kappa shape index (κ3) is 2.26. The molecule has 1 aromatic rings. The van der Waals surface area contributed by atoms with Crippen LogP contribution in [0.15, 0.2) is 18.2 Å². The molecule has 0 aromatic heterocycles. The zero-order chi connectivity index (χ0) is 15.1. The number of fused-ring (bicyclic) bond motifs is 1. The Hall–Kier alpha value is -2.37. The lowest BCUT2D eigenvalue weighted by Crippen LogP contribution is -2.52. The van der Waals surface area contributed by atoms with Crippen molar-refractivity contribution in [3.63, 3.8) is 0 Å². The van der Waals surface area contributed by atoms with Gasteiger partial charge in [0.25, 0.3) is 5.91 Å². The minimum absolute atomic E-state index is 0.136. The van der Waals surface area contributed by atoms with Gasteiger partial charge in [-0.25, -0.2) is 0 Å². The molecule has 1 N–H and O–H groups in total. The Labute approximate surface area is 122 Å². The first kappa shape index (κ1) is 13.6.